The first kappa shape index (κ1) is 25.2. The molecule has 1 aliphatic rings. The van der Waals surface area contributed by atoms with E-state index in [-0.39, 0.29) is 16.5 Å². The summed E-state index contributed by atoms with van der Waals surface area (Å²) in [5, 5.41) is 20.4. The van der Waals surface area contributed by atoms with Crippen LogP contribution in [0.15, 0.2) is 78.4 Å². The number of anilines is 1. The van der Waals surface area contributed by atoms with Gasteiger partial charge in [0.15, 0.2) is 0 Å². The fourth-order valence-corrected chi connectivity index (χ4v) is 5.03. The van der Waals surface area contributed by atoms with E-state index >= 15 is 0 Å². The number of amides is 1. The number of carbonyl (C=O) groups excluding carboxylic acids is 2. The molecule has 1 aromatic heterocycles. The van der Waals surface area contributed by atoms with Crippen molar-refractivity contribution in [2.75, 3.05) is 12.0 Å². The smallest absolute Gasteiger partial charge is 0.301 e. The molecule has 1 saturated heterocycles. The topological polar surface area (TPSA) is 102 Å². The van der Waals surface area contributed by atoms with Crippen LogP contribution in [0.1, 0.15) is 33.3 Å². The second-order valence-corrected chi connectivity index (χ2v) is 9.95. The highest BCUT2D eigenvalue weighted by atomic mass is 32.1. The van der Waals surface area contributed by atoms with Crippen LogP contribution in [0.5, 0.6) is 11.5 Å². The first-order chi connectivity index (χ1) is 18.4. The zero-order valence-electron chi connectivity index (χ0n) is 21.0. The molecule has 1 atom stereocenters. The highest BCUT2D eigenvalue weighted by Gasteiger charge is 2.48. The third kappa shape index (κ3) is 4.76. The number of Topliss-reactive ketones (excluding diaryl/α,β-unsaturated/α-hetero) is 1. The largest absolute Gasteiger partial charge is 0.507 e. The van der Waals surface area contributed by atoms with Gasteiger partial charge in [-0.25, -0.2) is 0 Å². The van der Waals surface area contributed by atoms with Gasteiger partial charge in [0.25, 0.3) is 5.78 Å². The van der Waals surface area contributed by atoms with Crippen molar-refractivity contribution in [3.05, 3.63) is 106 Å². The first-order valence-electron chi connectivity index (χ1n) is 11.9. The Bertz CT molecular complexity index is 1530. The molecule has 0 unspecified atom stereocenters. The van der Waals surface area contributed by atoms with Crippen molar-refractivity contribution in [1.29, 1.82) is 0 Å². The number of aliphatic hydroxyl groups is 1. The fraction of sp³-hybridized carbons (Fsp3) is 0.172. The molecule has 4 aromatic rings. The molecule has 2 heterocycles. The SMILES string of the molecule is COc1ccc([C@@H]2C(=C(O)c3ccc(OCc4ccccc4C)cc3)C(=O)C(=O)N2c2nnc(C)s2)cc1. The Hall–Kier alpha value is -4.50. The minimum absolute atomic E-state index is 0.0263. The standard InChI is InChI=1S/C29H25N3O5S/c1-17-6-4-5-7-21(17)16-37-23-14-10-20(11-15-23)26(33)24-25(19-8-12-22(36-3)13-9-19)32(28(35)27(24)34)29-31-30-18(2)38-29/h4-15,25,33H,16H2,1-3H3/t25-/m1/s1. The van der Waals surface area contributed by atoms with Crippen LogP contribution in [0.4, 0.5) is 5.13 Å². The van der Waals surface area contributed by atoms with Gasteiger partial charge in [0.05, 0.1) is 18.7 Å². The second kappa shape index (κ2) is 10.5. The molecule has 1 N–H and O–H groups in total. The lowest BCUT2D eigenvalue weighted by molar-refractivity contribution is -0.132. The number of ketones is 1. The van der Waals surface area contributed by atoms with Gasteiger partial charge in [-0.05, 0) is 66.9 Å². The average Bonchev–Trinajstić information content (AvgIpc) is 3.48. The maximum absolute atomic E-state index is 13.3. The summed E-state index contributed by atoms with van der Waals surface area (Å²) in [6.45, 7) is 4.20. The lowest BCUT2D eigenvalue weighted by atomic mass is 9.95. The number of benzene rings is 3. The lowest BCUT2D eigenvalue weighted by Gasteiger charge is -2.22. The molecule has 5 rings (SSSR count). The molecule has 0 bridgehead atoms. The van der Waals surface area contributed by atoms with Crippen LogP contribution in [0.2, 0.25) is 0 Å². The average molecular weight is 528 g/mol. The molecule has 1 fully saturated rings. The highest BCUT2D eigenvalue weighted by Crippen LogP contribution is 2.43. The highest BCUT2D eigenvalue weighted by molar-refractivity contribution is 7.15. The van der Waals surface area contributed by atoms with Gasteiger partial charge in [-0.3, -0.25) is 14.5 Å². The lowest BCUT2D eigenvalue weighted by Crippen LogP contribution is -2.29. The summed E-state index contributed by atoms with van der Waals surface area (Å²) in [6, 6.07) is 20.8. The van der Waals surface area contributed by atoms with E-state index in [4.69, 9.17) is 9.47 Å². The third-order valence-electron chi connectivity index (χ3n) is 6.38. The zero-order chi connectivity index (χ0) is 26.8. The van der Waals surface area contributed by atoms with Crippen LogP contribution in [-0.2, 0) is 16.2 Å². The number of ether oxygens (including phenoxy) is 2. The summed E-state index contributed by atoms with van der Waals surface area (Å²) < 4.78 is 11.2. The van der Waals surface area contributed by atoms with Crippen molar-refractivity contribution < 1.29 is 24.2 Å². The minimum atomic E-state index is -0.884. The number of aryl methyl sites for hydroxylation is 2. The van der Waals surface area contributed by atoms with Gasteiger partial charge in [-0.15, -0.1) is 10.2 Å². The van der Waals surface area contributed by atoms with E-state index in [1.54, 1.807) is 62.6 Å². The van der Waals surface area contributed by atoms with Crippen molar-refractivity contribution >= 4 is 33.9 Å². The van der Waals surface area contributed by atoms with E-state index in [9.17, 15) is 14.7 Å². The minimum Gasteiger partial charge on any atom is -0.507 e. The van der Waals surface area contributed by atoms with Crippen LogP contribution in [0.25, 0.3) is 5.76 Å². The summed E-state index contributed by atoms with van der Waals surface area (Å²) in [5.74, 6) is -0.615. The van der Waals surface area contributed by atoms with E-state index < -0.39 is 17.7 Å². The van der Waals surface area contributed by atoms with Gasteiger partial charge in [-0.1, -0.05) is 47.7 Å². The molecular formula is C29H25N3O5S. The van der Waals surface area contributed by atoms with Crippen molar-refractivity contribution in [3.63, 3.8) is 0 Å². The Morgan fingerprint density at radius 3 is 2.26 bits per heavy atom. The molecule has 0 aliphatic carbocycles. The van der Waals surface area contributed by atoms with Crippen molar-refractivity contribution in [2.24, 2.45) is 0 Å². The van der Waals surface area contributed by atoms with Crippen LogP contribution in [0, 0.1) is 13.8 Å². The maximum atomic E-state index is 13.3. The molecule has 9 heteroatoms. The zero-order valence-corrected chi connectivity index (χ0v) is 21.9. The summed E-state index contributed by atoms with van der Waals surface area (Å²) in [7, 11) is 1.56. The van der Waals surface area contributed by atoms with Gasteiger partial charge in [0, 0.05) is 5.56 Å². The summed E-state index contributed by atoms with van der Waals surface area (Å²) >= 11 is 1.20. The maximum Gasteiger partial charge on any atom is 0.301 e. The molecule has 3 aromatic carbocycles. The number of carbonyl (C=O) groups is 2. The Morgan fingerprint density at radius 1 is 0.947 bits per heavy atom. The van der Waals surface area contributed by atoms with E-state index in [1.165, 1.54) is 16.2 Å². The summed E-state index contributed by atoms with van der Waals surface area (Å²) in [4.78, 5) is 27.8. The predicted molar refractivity (Wildman–Crippen MR) is 144 cm³/mol. The monoisotopic (exact) mass is 527 g/mol. The quantitative estimate of drug-likeness (QED) is 0.196. The molecular weight excluding hydrogens is 502 g/mol. The molecule has 1 aliphatic heterocycles. The fourth-order valence-electron chi connectivity index (χ4n) is 4.31. The van der Waals surface area contributed by atoms with E-state index in [0.29, 0.717) is 34.2 Å². The molecule has 38 heavy (non-hydrogen) atoms. The molecule has 0 spiro atoms. The van der Waals surface area contributed by atoms with Crippen molar-refractivity contribution in [2.45, 2.75) is 26.5 Å². The number of rotatable bonds is 7. The molecule has 0 saturated carbocycles. The van der Waals surface area contributed by atoms with E-state index in [1.807, 2.05) is 31.2 Å². The van der Waals surface area contributed by atoms with Crippen LogP contribution in [-0.4, -0.2) is 34.1 Å². The number of hydrogen-bond acceptors (Lipinski definition) is 8. The van der Waals surface area contributed by atoms with Gasteiger partial charge >= 0.3 is 5.91 Å². The van der Waals surface area contributed by atoms with Gasteiger partial charge in [-0.2, -0.15) is 0 Å². The van der Waals surface area contributed by atoms with Crippen LogP contribution < -0.4 is 14.4 Å². The number of hydrogen-bond donors (Lipinski definition) is 1. The van der Waals surface area contributed by atoms with Crippen molar-refractivity contribution in [3.8, 4) is 11.5 Å². The Kier molecular flexibility index (Phi) is 6.93. The van der Waals surface area contributed by atoms with Crippen molar-refractivity contribution in [1.82, 2.24) is 10.2 Å². The van der Waals surface area contributed by atoms with Gasteiger partial charge < -0.3 is 14.6 Å². The molecule has 1 amide bonds. The van der Waals surface area contributed by atoms with Gasteiger partial charge in [0.2, 0.25) is 5.13 Å². The van der Waals surface area contributed by atoms with Crippen LogP contribution >= 0.6 is 11.3 Å². The Morgan fingerprint density at radius 2 is 1.63 bits per heavy atom. The summed E-state index contributed by atoms with van der Waals surface area (Å²) in [6.07, 6.45) is 0. The van der Waals surface area contributed by atoms with E-state index in [0.717, 1.165) is 11.1 Å². The predicted octanol–water partition coefficient (Wildman–Crippen LogP) is 5.37. The normalized spacial score (nSPS) is 16.6. The number of aromatic nitrogens is 2. The molecule has 192 valence electrons. The number of methoxy groups -OCH3 is 1. The summed E-state index contributed by atoms with van der Waals surface area (Å²) in [5.41, 5.74) is 3.19. The third-order valence-corrected chi connectivity index (χ3v) is 7.22. The van der Waals surface area contributed by atoms with E-state index in [2.05, 4.69) is 10.2 Å². The number of nitrogens with zero attached hydrogens (tertiary/aromatic N) is 3. The number of aliphatic hydroxyl groups excluding tert-OH is 1. The Labute approximate surface area is 223 Å². The first-order valence-corrected chi connectivity index (χ1v) is 12.7. The van der Waals surface area contributed by atoms with Gasteiger partial charge in [0.1, 0.15) is 28.9 Å². The Balaban J connectivity index is 1.50. The molecule has 0 radical (unpaired) electrons. The second-order valence-electron chi connectivity index (χ2n) is 8.79. The van der Waals surface area contributed by atoms with Crippen LogP contribution in [0.3, 0.4) is 0 Å². The molecule has 8 nitrogen and oxygen atoms in total.